The molecule has 0 aliphatic carbocycles. The van der Waals surface area contributed by atoms with Crippen LogP contribution in [-0.4, -0.2) is 15.9 Å². The summed E-state index contributed by atoms with van der Waals surface area (Å²) in [6.07, 6.45) is 3.65. The first-order valence-corrected chi connectivity index (χ1v) is 9.81. The van der Waals surface area contributed by atoms with Gasteiger partial charge in [0.1, 0.15) is 5.82 Å². The largest absolute Gasteiger partial charge is 0.330 e. The van der Waals surface area contributed by atoms with Crippen molar-refractivity contribution in [3.8, 4) is 11.3 Å². The SMILES string of the molecule is O=C(Cc1ccc(F)cc1)Nc1ccc(-c2csc(Nc3cccnc3)n2)cc1. The second-order valence-corrected chi connectivity index (χ2v) is 7.19. The van der Waals surface area contributed by atoms with Crippen molar-refractivity contribution < 1.29 is 9.18 Å². The maximum absolute atomic E-state index is 12.9. The average molecular weight is 404 g/mol. The number of pyridine rings is 1. The lowest BCUT2D eigenvalue weighted by Gasteiger charge is -2.06. The van der Waals surface area contributed by atoms with Crippen molar-refractivity contribution in [3.05, 3.63) is 89.8 Å². The van der Waals surface area contributed by atoms with Crippen molar-refractivity contribution in [2.45, 2.75) is 6.42 Å². The van der Waals surface area contributed by atoms with Crippen molar-refractivity contribution in [2.75, 3.05) is 10.6 Å². The molecule has 0 bridgehead atoms. The fourth-order valence-corrected chi connectivity index (χ4v) is 3.48. The van der Waals surface area contributed by atoms with Gasteiger partial charge in [-0.2, -0.15) is 0 Å². The molecule has 2 N–H and O–H groups in total. The summed E-state index contributed by atoms with van der Waals surface area (Å²) in [5.41, 5.74) is 4.15. The lowest BCUT2D eigenvalue weighted by molar-refractivity contribution is -0.115. The lowest BCUT2D eigenvalue weighted by atomic mass is 10.1. The number of benzene rings is 2. The summed E-state index contributed by atoms with van der Waals surface area (Å²) < 4.78 is 12.9. The molecule has 0 aliphatic heterocycles. The Kier molecular flexibility index (Phi) is 5.58. The zero-order chi connectivity index (χ0) is 20.1. The van der Waals surface area contributed by atoms with Crippen molar-refractivity contribution in [3.63, 3.8) is 0 Å². The fraction of sp³-hybridized carbons (Fsp3) is 0.0455. The van der Waals surface area contributed by atoms with Crippen LogP contribution in [0.25, 0.3) is 11.3 Å². The molecule has 2 aromatic heterocycles. The predicted octanol–water partition coefficient (Wildman–Crippen LogP) is 5.27. The molecule has 5 nitrogen and oxygen atoms in total. The Morgan fingerprint density at radius 3 is 2.52 bits per heavy atom. The maximum Gasteiger partial charge on any atom is 0.228 e. The van der Waals surface area contributed by atoms with Crippen LogP contribution in [0.5, 0.6) is 0 Å². The fourth-order valence-electron chi connectivity index (χ4n) is 2.74. The van der Waals surface area contributed by atoms with E-state index in [0.29, 0.717) is 5.69 Å². The van der Waals surface area contributed by atoms with Crippen LogP contribution in [0.2, 0.25) is 0 Å². The van der Waals surface area contributed by atoms with Gasteiger partial charge in [0.15, 0.2) is 5.13 Å². The van der Waals surface area contributed by atoms with E-state index in [1.165, 1.54) is 23.5 Å². The van der Waals surface area contributed by atoms with Gasteiger partial charge >= 0.3 is 0 Å². The molecule has 2 aromatic carbocycles. The van der Waals surface area contributed by atoms with Gasteiger partial charge in [0.25, 0.3) is 0 Å². The van der Waals surface area contributed by atoms with Gasteiger partial charge in [0, 0.05) is 22.8 Å². The number of nitrogens with zero attached hydrogens (tertiary/aromatic N) is 2. The smallest absolute Gasteiger partial charge is 0.228 e. The van der Waals surface area contributed by atoms with Crippen molar-refractivity contribution in [1.29, 1.82) is 0 Å². The highest BCUT2D eigenvalue weighted by Gasteiger charge is 2.07. The molecule has 7 heteroatoms. The Labute approximate surface area is 171 Å². The number of carbonyl (C=O) groups excluding carboxylic acids is 1. The van der Waals surface area contributed by atoms with Gasteiger partial charge in [-0.3, -0.25) is 9.78 Å². The molecule has 4 rings (SSSR count). The first-order valence-electron chi connectivity index (χ1n) is 8.93. The molecule has 144 valence electrons. The summed E-state index contributed by atoms with van der Waals surface area (Å²) in [7, 11) is 0. The van der Waals surface area contributed by atoms with Crippen molar-refractivity contribution >= 4 is 33.8 Å². The molecule has 2 heterocycles. The van der Waals surface area contributed by atoms with Crippen molar-refractivity contribution in [2.24, 2.45) is 0 Å². The Hall–Kier alpha value is -3.58. The zero-order valence-electron chi connectivity index (χ0n) is 15.3. The van der Waals surface area contributed by atoms with Crippen LogP contribution in [0.4, 0.5) is 20.9 Å². The third-order valence-electron chi connectivity index (χ3n) is 4.16. The van der Waals surface area contributed by atoms with E-state index in [1.54, 1.807) is 24.5 Å². The third kappa shape index (κ3) is 5.03. The van der Waals surface area contributed by atoms with Gasteiger partial charge in [-0.1, -0.05) is 24.3 Å². The summed E-state index contributed by atoms with van der Waals surface area (Å²) >= 11 is 1.51. The second kappa shape index (κ2) is 8.62. The summed E-state index contributed by atoms with van der Waals surface area (Å²) in [4.78, 5) is 20.8. The molecule has 0 unspecified atom stereocenters. The Bertz CT molecular complexity index is 1100. The van der Waals surface area contributed by atoms with Gasteiger partial charge in [-0.05, 0) is 42.0 Å². The number of thiazole rings is 1. The molecule has 0 atom stereocenters. The molecule has 1 amide bonds. The molecule has 0 radical (unpaired) electrons. The number of aromatic nitrogens is 2. The minimum absolute atomic E-state index is 0.152. The van der Waals surface area contributed by atoms with Crippen LogP contribution >= 0.6 is 11.3 Å². The van der Waals surface area contributed by atoms with E-state index in [1.807, 2.05) is 41.8 Å². The summed E-state index contributed by atoms with van der Waals surface area (Å²) in [5.74, 6) is -0.466. The van der Waals surface area contributed by atoms with E-state index < -0.39 is 0 Å². The zero-order valence-corrected chi connectivity index (χ0v) is 16.1. The maximum atomic E-state index is 12.9. The first kappa shape index (κ1) is 18.8. The van der Waals surface area contributed by atoms with Gasteiger partial charge in [-0.15, -0.1) is 11.3 Å². The third-order valence-corrected chi connectivity index (χ3v) is 4.92. The Morgan fingerprint density at radius 1 is 1.00 bits per heavy atom. The number of halogens is 1. The van der Waals surface area contributed by atoms with E-state index in [4.69, 9.17) is 0 Å². The normalized spacial score (nSPS) is 10.5. The number of nitrogens with one attached hydrogen (secondary N) is 2. The number of hydrogen-bond acceptors (Lipinski definition) is 5. The highest BCUT2D eigenvalue weighted by molar-refractivity contribution is 7.14. The van der Waals surface area contributed by atoms with Gasteiger partial charge in [0.2, 0.25) is 5.91 Å². The summed E-state index contributed by atoms with van der Waals surface area (Å²) in [6, 6.07) is 17.2. The Balaban J connectivity index is 1.37. The average Bonchev–Trinajstić information content (AvgIpc) is 3.19. The molecule has 0 saturated heterocycles. The predicted molar refractivity (Wildman–Crippen MR) is 114 cm³/mol. The number of anilines is 3. The van der Waals surface area contributed by atoms with Gasteiger partial charge in [0.05, 0.1) is 24.0 Å². The number of rotatable bonds is 6. The van der Waals surface area contributed by atoms with Crippen LogP contribution in [0.1, 0.15) is 5.56 Å². The van der Waals surface area contributed by atoms with Crippen LogP contribution in [0, 0.1) is 5.82 Å². The summed E-state index contributed by atoms with van der Waals surface area (Å²) in [6.45, 7) is 0. The quantitative estimate of drug-likeness (QED) is 0.459. The molecular formula is C22H17FN4OS. The molecular weight excluding hydrogens is 387 g/mol. The number of carbonyl (C=O) groups is 1. The Morgan fingerprint density at radius 2 is 1.79 bits per heavy atom. The van der Waals surface area contributed by atoms with Gasteiger partial charge < -0.3 is 10.6 Å². The van der Waals surface area contributed by atoms with E-state index in [-0.39, 0.29) is 18.1 Å². The minimum atomic E-state index is -0.314. The van der Waals surface area contributed by atoms with Crippen LogP contribution in [0.15, 0.2) is 78.4 Å². The van der Waals surface area contributed by atoms with E-state index in [0.717, 1.165) is 27.6 Å². The molecule has 0 aliphatic rings. The van der Waals surface area contributed by atoms with Crippen LogP contribution in [0.3, 0.4) is 0 Å². The monoisotopic (exact) mass is 404 g/mol. The molecule has 0 saturated carbocycles. The minimum Gasteiger partial charge on any atom is -0.330 e. The topological polar surface area (TPSA) is 66.9 Å². The van der Waals surface area contributed by atoms with Crippen LogP contribution < -0.4 is 10.6 Å². The number of hydrogen-bond donors (Lipinski definition) is 2. The lowest BCUT2D eigenvalue weighted by Crippen LogP contribution is -2.14. The van der Waals surface area contributed by atoms with E-state index in [2.05, 4.69) is 20.6 Å². The second-order valence-electron chi connectivity index (χ2n) is 6.33. The molecule has 4 aromatic rings. The highest BCUT2D eigenvalue weighted by atomic mass is 32.1. The number of amides is 1. The van der Waals surface area contributed by atoms with E-state index >= 15 is 0 Å². The standard InChI is InChI=1S/C22H17FN4OS/c23-17-7-3-15(4-8-17)12-21(28)25-18-9-5-16(6-10-18)20-14-29-22(27-20)26-19-2-1-11-24-13-19/h1-11,13-14H,12H2,(H,25,28)(H,26,27). The van der Waals surface area contributed by atoms with Gasteiger partial charge in [-0.25, -0.2) is 9.37 Å². The molecule has 0 fully saturated rings. The van der Waals surface area contributed by atoms with Crippen LogP contribution in [-0.2, 0) is 11.2 Å². The van der Waals surface area contributed by atoms with E-state index in [9.17, 15) is 9.18 Å². The molecule has 29 heavy (non-hydrogen) atoms. The molecule has 0 spiro atoms. The highest BCUT2D eigenvalue weighted by Crippen LogP contribution is 2.27. The van der Waals surface area contributed by atoms with Crippen molar-refractivity contribution in [1.82, 2.24) is 9.97 Å². The summed E-state index contributed by atoms with van der Waals surface area (Å²) in [5, 5.41) is 8.83. The first-order chi connectivity index (χ1) is 14.2.